The number of fused-ring (bicyclic) bond motifs is 1. The van der Waals surface area contributed by atoms with Gasteiger partial charge in [0.1, 0.15) is 0 Å². The lowest BCUT2D eigenvalue weighted by Gasteiger charge is -2.36. The van der Waals surface area contributed by atoms with E-state index in [2.05, 4.69) is 48.7 Å². The van der Waals surface area contributed by atoms with Gasteiger partial charge in [-0.05, 0) is 42.1 Å². The Bertz CT molecular complexity index is 657. The SMILES string of the molecule is CC1CCNC(C)C1NC(=O)Cc1ccc2ccccc2c1. The van der Waals surface area contributed by atoms with Gasteiger partial charge in [-0.1, -0.05) is 49.4 Å². The highest BCUT2D eigenvalue weighted by atomic mass is 16.1. The average molecular weight is 296 g/mol. The standard InChI is InChI=1S/C19H24N2O/c1-13-9-10-20-14(2)19(13)21-18(22)12-15-7-8-16-5-3-4-6-17(16)11-15/h3-8,11,13-14,19-20H,9-10,12H2,1-2H3,(H,21,22). The van der Waals surface area contributed by atoms with Gasteiger partial charge in [0.25, 0.3) is 0 Å². The van der Waals surface area contributed by atoms with Gasteiger partial charge < -0.3 is 10.6 Å². The maximum atomic E-state index is 12.4. The number of carbonyl (C=O) groups excluding carboxylic acids is 1. The number of carbonyl (C=O) groups is 1. The van der Waals surface area contributed by atoms with Gasteiger partial charge in [-0.25, -0.2) is 0 Å². The van der Waals surface area contributed by atoms with E-state index in [0.29, 0.717) is 18.4 Å². The largest absolute Gasteiger partial charge is 0.351 e. The molecule has 0 saturated carbocycles. The lowest BCUT2D eigenvalue weighted by atomic mass is 9.89. The van der Waals surface area contributed by atoms with Gasteiger partial charge in [0, 0.05) is 12.1 Å². The van der Waals surface area contributed by atoms with Gasteiger partial charge in [-0.2, -0.15) is 0 Å². The molecule has 1 fully saturated rings. The molecule has 0 bridgehead atoms. The van der Waals surface area contributed by atoms with Gasteiger partial charge in [-0.3, -0.25) is 4.79 Å². The molecule has 0 spiro atoms. The molecule has 0 radical (unpaired) electrons. The Hall–Kier alpha value is -1.87. The highest BCUT2D eigenvalue weighted by Crippen LogP contribution is 2.18. The molecule has 1 aliphatic rings. The molecule has 1 heterocycles. The molecule has 2 N–H and O–H groups in total. The molecule has 3 atom stereocenters. The van der Waals surface area contributed by atoms with E-state index in [-0.39, 0.29) is 11.9 Å². The van der Waals surface area contributed by atoms with Crippen LogP contribution >= 0.6 is 0 Å². The fourth-order valence-electron chi connectivity index (χ4n) is 3.38. The van der Waals surface area contributed by atoms with E-state index < -0.39 is 0 Å². The van der Waals surface area contributed by atoms with Crippen LogP contribution in [-0.2, 0) is 11.2 Å². The normalized spacial score (nSPS) is 25.1. The van der Waals surface area contributed by atoms with Gasteiger partial charge in [-0.15, -0.1) is 0 Å². The summed E-state index contributed by atoms with van der Waals surface area (Å²) in [5.41, 5.74) is 1.07. The number of amides is 1. The Morgan fingerprint density at radius 1 is 1.18 bits per heavy atom. The number of hydrogen-bond donors (Lipinski definition) is 2. The topological polar surface area (TPSA) is 41.1 Å². The molecule has 3 rings (SSSR count). The van der Waals surface area contributed by atoms with Crippen LogP contribution in [0.5, 0.6) is 0 Å². The van der Waals surface area contributed by atoms with Crippen LogP contribution in [0.3, 0.4) is 0 Å². The molecule has 0 aromatic heterocycles. The summed E-state index contributed by atoms with van der Waals surface area (Å²) in [5, 5.41) is 9.06. The summed E-state index contributed by atoms with van der Waals surface area (Å²) in [6.45, 7) is 5.41. The first kappa shape index (κ1) is 15.0. The smallest absolute Gasteiger partial charge is 0.224 e. The van der Waals surface area contributed by atoms with E-state index in [9.17, 15) is 4.79 Å². The van der Waals surface area contributed by atoms with Gasteiger partial charge in [0.05, 0.1) is 6.42 Å². The highest BCUT2D eigenvalue weighted by molar-refractivity contribution is 5.85. The Morgan fingerprint density at radius 2 is 1.95 bits per heavy atom. The van der Waals surface area contributed by atoms with Crippen molar-refractivity contribution >= 4 is 16.7 Å². The molecule has 2 aromatic carbocycles. The molecule has 3 unspecified atom stereocenters. The van der Waals surface area contributed by atoms with Crippen LogP contribution in [0.4, 0.5) is 0 Å². The Kier molecular flexibility index (Phi) is 4.44. The number of piperidine rings is 1. The van der Waals surface area contributed by atoms with E-state index in [4.69, 9.17) is 0 Å². The highest BCUT2D eigenvalue weighted by Gasteiger charge is 2.28. The lowest BCUT2D eigenvalue weighted by Crippen LogP contribution is -2.56. The van der Waals surface area contributed by atoms with Crippen LogP contribution < -0.4 is 10.6 Å². The zero-order valence-electron chi connectivity index (χ0n) is 13.3. The molecule has 116 valence electrons. The second-order valence-corrected chi connectivity index (χ2v) is 6.46. The van der Waals surface area contributed by atoms with Crippen LogP contribution in [0.25, 0.3) is 10.8 Å². The van der Waals surface area contributed by atoms with Gasteiger partial charge in [0.2, 0.25) is 5.91 Å². The minimum Gasteiger partial charge on any atom is -0.351 e. The third-order valence-corrected chi connectivity index (χ3v) is 4.72. The van der Waals surface area contributed by atoms with E-state index in [1.54, 1.807) is 0 Å². The van der Waals surface area contributed by atoms with E-state index in [0.717, 1.165) is 18.5 Å². The minimum atomic E-state index is 0.114. The first-order chi connectivity index (χ1) is 10.6. The van der Waals surface area contributed by atoms with Crippen LogP contribution in [0.2, 0.25) is 0 Å². The molecular weight excluding hydrogens is 272 g/mol. The fourth-order valence-corrected chi connectivity index (χ4v) is 3.38. The predicted octanol–water partition coefficient (Wildman–Crippen LogP) is 2.89. The summed E-state index contributed by atoms with van der Waals surface area (Å²) in [7, 11) is 0. The summed E-state index contributed by atoms with van der Waals surface area (Å²) >= 11 is 0. The fraction of sp³-hybridized carbons (Fsp3) is 0.421. The Morgan fingerprint density at radius 3 is 2.73 bits per heavy atom. The molecule has 22 heavy (non-hydrogen) atoms. The molecule has 1 amide bonds. The summed E-state index contributed by atoms with van der Waals surface area (Å²) in [6.07, 6.45) is 1.56. The second kappa shape index (κ2) is 6.49. The molecule has 0 aliphatic carbocycles. The van der Waals surface area contributed by atoms with Crippen LogP contribution in [-0.4, -0.2) is 24.5 Å². The van der Waals surface area contributed by atoms with Crippen molar-refractivity contribution in [1.82, 2.24) is 10.6 Å². The van der Waals surface area contributed by atoms with Crippen molar-refractivity contribution in [3.8, 4) is 0 Å². The monoisotopic (exact) mass is 296 g/mol. The number of nitrogens with one attached hydrogen (secondary N) is 2. The number of hydrogen-bond acceptors (Lipinski definition) is 2. The molecule has 3 heteroatoms. The summed E-state index contributed by atoms with van der Waals surface area (Å²) in [5.74, 6) is 0.638. The zero-order valence-corrected chi connectivity index (χ0v) is 13.3. The maximum absolute atomic E-state index is 12.4. The van der Waals surface area contributed by atoms with E-state index in [1.807, 2.05) is 18.2 Å². The Labute approximate surface area is 132 Å². The molecule has 1 aliphatic heterocycles. The van der Waals surface area contributed by atoms with E-state index in [1.165, 1.54) is 10.8 Å². The molecule has 3 nitrogen and oxygen atoms in total. The van der Waals surface area contributed by atoms with Crippen molar-refractivity contribution in [3.05, 3.63) is 48.0 Å². The quantitative estimate of drug-likeness (QED) is 0.914. The summed E-state index contributed by atoms with van der Waals surface area (Å²) < 4.78 is 0. The minimum absolute atomic E-state index is 0.114. The van der Waals surface area contributed by atoms with Crippen LogP contribution in [0, 0.1) is 5.92 Å². The Balaban J connectivity index is 1.67. The third kappa shape index (κ3) is 3.30. The summed E-state index contributed by atoms with van der Waals surface area (Å²) in [4.78, 5) is 12.4. The maximum Gasteiger partial charge on any atom is 0.224 e. The second-order valence-electron chi connectivity index (χ2n) is 6.46. The van der Waals surface area contributed by atoms with E-state index >= 15 is 0 Å². The van der Waals surface area contributed by atoms with Crippen LogP contribution in [0.1, 0.15) is 25.8 Å². The number of rotatable bonds is 3. The van der Waals surface area contributed by atoms with Crippen molar-refractivity contribution in [3.63, 3.8) is 0 Å². The van der Waals surface area contributed by atoms with Gasteiger partial charge in [0.15, 0.2) is 0 Å². The van der Waals surface area contributed by atoms with Crippen molar-refractivity contribution in [2.75, 3.05) is 6.54 Å². The number of benzene rings is 2. The van der Waals surface area contributed by atoms with Crippen molar-refractivity contribution in [2.24, 2.45) is 5.92 Å². The average Bonchev–Trinajstić information content (AvgIpc) is 2.51. The van der Waals surface area contributed by atoms with Crippen LogP contribution in [0.15, 0.2) is 42.5 Å². The predicted molar refractivity (Wildman–Crippen MR) is 90.8 cm³/mol. The first-order valence-corrected chi connectivity index (χ1v) is 8.14. The zero-order chi connectivity index (χ0) is 15.5. The summed E-state index contributed by atoms with van der Waals surface area (Å²) in [6, 6.07) is 15.1. The first-order valence-electron chi connectivity index (χ1n) is 8.14. The van der Waals surface area contributed by atoms with Crippen molar-refractivity contribution in [2.45, 2.75) is 38.8 Å². The van der Waals surface area contributed by atoms with Gasteiger partial charge >= 0.3 is 0 Å². The van der Waals surface area contributed by atoms with Crippen molar-refractivity contribution < 1.29 is 4.79 Å². The molecular formula is C19H24N2O. The third-order valence-electron chi connectivity index (χ3n) is 4.72. The lowest BCUT2D eigenvalue weighted by molar-refractivity contribution is -0.121. The molecule has 1 saturated heterocycles. The molecule has 2 aromatic rings. The van der Waals surface area contributed by atoms with Crippen molar-refractivity contribution in [1.29, 1.82) is 0 Å².